The van der Waals surface area contributed by atoms with Crippen LogP contribution >= 0.6 is 0 Å². The Morgan fingerprint density at radius 1 is 1.32 bits per heavy atom. The minimum atomic E-state index is -4.55. The van der Waals surface area contributed by atoms with E-state index in [1.54, 1.807) is 13.1 Å². The van der Waals surface area contributed by atoms with Crippen LogP contribution in [-0.2, 0) is 6.18 Å². The summed E-state index contributed by atoms with van der Waals surface area (Å²) in [5, 5.41) is 2.76. The number of aromatic nitrogens is 2. The van der Waals surface area contributed by atoms with Crippen LogP contribution in [0, 0.1) is 5.82 Å². The number of nitrogens with zero attached hydrogens (tertiary/aromatic N) is 1. The normalized spacial score (nSPS) is 13.3. The number of alkyl halides is 3. The molecule has 1 heterocycles. The van der Waals surface area contributed by atoms with E-state index in [4.69, 9.17) is 0 Å². The molecule has 3 nitrogen and oxygen atoms in total. The summed E-state index contributed by atoms with van der Waals surface area (Å²) in [5.41, 5.74) is -1.02. The van der Waals surface area contributed by atoms with Crippen LogP contribution < -0.4 is 5.32 Å². The second kappa shape index (κ2) is 4.91. The molecule has 0 saturated heterocycles. The van der Waals surface area contributed by atoms with E-state index < -0.39 is 17.6 Å². The summed E-state index contributed by atoms with van der Waals surface area (Å²) in [5.74, 6) is -0.382. The van der Waals surface area contributed by atoms with Gasteiger partial charge in [-0.05, 0) is 25.1 Å². The molecule has 0 aliphatic carbocycles. The molecule has 0 aliphatic heterocycles. The van der Waals surface area contributed by atoms with Gasteiger partial charge in [0.15, 0.2) is 0 Å². The van der Waals surface area contributed by atoms with Gasteiger partial charge < -0.3 is 10.3 Å². The fraction of sp³-hybridized carbons (Fsp3) is 0.250. The lowest BCUT2D eigenvalue weighted by Crippen LogP contribution is -2.11. The molecule has 7 heteroatoms. The summed E-state index contributed by atoms with van der Waals surface area (Å²) in [6.45, 7) is 1.72. The smallest absolute Gasteiger partial charge is 0.373 e. The van der Waals surface area contributed by atoms with Gasteiger partial charge in [0.25, 0.3) is 0 Å². The highest BCUT2D eigenvalue weighted by Crippen LogP contribution is 2.31. The van der Waals surface area contributed by atoms with Crippen LogP contribution in [0.25, 0.3) is 0 Å². The average Bonchev–Trinajstić information content (AvgIpc) is 2.84. The van der Waals surface area contributed by atoms with Crippen LogP contribution in [0.1, 0.15) is 24.4 Å². The monoisotopic (exact) mass is 273 g/mol. The van der Waals surface area contributed by atoms with Crippen molar-refractivity contribution in [3.05, 3.63) is 47.8 Å². The molecule has 0 spiro atoms. The molecule has 1 unspecified atom stereocenters. The molecule has 102 valence electrons. The third kappa shape index (κ3) is 3.04. The zero-order valence-electron chi connectivity index (χ0n) is 9.92. The highest BCUT2D eigenvalue weighted by molar-refractivity contribution is 5.48. The van der Waals surface area contributed by atoms with Crippen molar-refractivity contribution >= 4 is 5.69 Å². The van der Waals surface area contributed by atoms with Gasteiger partial charge in [-0.2, -0.15) is 13.2 Å². The van der Waals surface area contributed by atoms with Crippen molar-refractivity contribution in [2.75, 3.05) is 5.32 Å². The van der Waals surface area contributed by atoms with Crippen molar-refractivity contribution in [1.29, 1.82) is 0 Å². The Kier molecular flexibility index (Phi) is 3.46. The summed E-state index contributed by atoms with van der Waals surface area (Å²) in [7, 11) is 0. The molecule has 0 aliphatic rings. The first-order valence-electron chi connectivity index (χ1n) is 5.50. The van der Waals surface area contributed by atoms with Crippen LogP contribution in [-0.4, -0.2) is 9.97 Å². The van der Waals surface area contributed by atoms with Gasteiger partial charge in [0.05, 0.1) is 17.3 Å². The van der Waals surface area contributed by atoms with Gasteiger partial charge in [-0.3, -0.25) is 0 Å². The number of halogens is 4. The summed E-state index contributed by atoms with van der Waals surface area (Å²) in [6.07, 6.45) is -1.40. The standard InChI is InChI=1S/C12H11F4N3/c1-7(11-17-4-5-18-11)19-10-3-2-8(6-9(10)13)12(14,15)16/h2-7,19H,1H3,(H,17,18). The van der Waals surface area contributed by atoms with Gasteiger partial charge in [0.2, 0.25) is 0 Å². The molecule has 2 N–H and O–H groups in total. The van der Waals surface area contributed by atoms with E-state index in [1.165, 1.54) is 6.20 Å². The van der Waals surface area contributed by atoms with Gasteiger partial charge in [0, 0.05) is 12.4 Å². The molecule has 2 aromatic rings. The lowest BCUT2D eigenvalue weighted by Gasteiger charge is -2.15. The summed E-state index contributed by atoms with van der Waals surface area (Å²) in [4.78, 5) is 6.81. The topological polar surface area (TPSA) is 40.7 Å². The number of hydrogen-bond acceptors (Lipinski definition) is 2. The SMILES string of the molecule is CC(Nc1ccc(C(F)(F)F)cc1F)c1ncc[nH]1. The molecule has 2 rings (SSSR count). The van der Waals surface area contributed by atoms with Crippen LogP contribution in [0.4, 0.5) is 23.2 Å². The molecular weight excluding hydrogens is 262 g/mol. The molecule has 0 saturated carbocycles. The predicted octanol–water partition coefficient (Wildman–Crippen LogP) is 3.74. The van der Waals surface area contributed by atoms with Gasteiger partial charge in [-0.25, -0.2) is 9.37 Å². The number of H-pyrrole nitrogens is 1. The number of aromatic amines is 1. The lowest BCUT2D eigenvalue weighted by molar-refractivity contribution is -0.137. The first-order chi connectivity index (χ1) is 8.88. The number of imidazole rings is 1. The van der Waals surface area contributed by atoms with Crippen molar-refractivity contribution in [2.24, 2.45) is 0 Å². The average molecular weight is 273 g/mol. The molecule has 0 fully saturated rings. The fourth-order valence-electron chi connectivity index (χ4n) is 1.62. The van der Waals surface area contributed by atoms with Crippen LogP contribution in [0.3, 0.4) is 0 Å². The van der Waals surface area contributed by atoms with E-state index >= 15 is 0 Å². The Balaban J connectivity index is 2.18. The predicted molar refractivity (Wildman–Crippen MR) is 62.0 cm³/mol. The number of benzene rings is 1. The highest BCUT2D eigenvalue weighted by Gasteiger charge is 2.31. The Hall–Kier alpha value is -2.05. The van der Waals surface area contributed by atoms with Crippen molar-refractivity contribution in [2.45, 2.75) is 19.1 Å². The van der Waals surface area contributed by atoms with E-state index in [0.717, 1.165) is 12.1 Å². The molecule has 1 aromatic heterocycles. The molecule has 0 bridgehead atoms. The second-order valence-electron chi connectivity index (χ2n) is 4.03. The summed E-state index contributed by atoms with van der Waals surface area (Å²) in [6, 6.07) is 2.02. The maximum Gasteiger partial charge on any atom is 0.416 e. The van der Waals surface area contributed by atoms with Crippen molar-refractivity contribution in [3.63, 3.8) is 0 Å². The highest BCUT2D eigenvalue weighted by atomic mass is 19.4. The molecule has 0 radical (unpaired) electrons. The summed E-state index contributed by atoms with van der Waals surface area (Å²) >= 11 is 0. The van der Waals surface area contributed by atoms with Gasteiger partial charge in [0.1, 0.15) is 11.6 Å². The Bertz CT molecular complexity index is 549. The van der Waals surface area contributed by atoms with Crippen LogP contribution in [0.15, 0.2) is 30.6 Å². The van der Waals surface area contributed by atoms with E-state index in [-0.39, 0.29) is 11.7 Å². The number of hydrogen-bond donors (Lipinski definition) is 2. The van der Waals surface area contributed by atoms with Gasteiger partial charge in [-0.1, -0.05) is 0 Å². The van der Waals surface area contributed by atoms with E-state index in [9.17, 15) is 17.6 Å². The van der Waals surface area contributed by atoms with E-state index in [0.29, 0.717) is 11.9 Å². The number of nitrogens with one attached hydrogen (secondary N) is 2. The fourth-order valence-corrected chi connectivity index (χ4v) is 1.62. The van der Waals surface area contributed by atoms with Crippen molar-refractivity contribution < 1.29 is 17.6 Å². The Morgan fingerprint density at radius 3 is 2.58 bits per heavy atom. The van der Waals surface area contributed by atoms with Gasteiger partial charge in [-0.15, -0.1) is 0 Å². The molecule has 1 aromatic carbocycles. The zero-order valence-corrected chi connectivity index (χ0v) is 9.92. The number of anilines is 1. The second-order valence-corrected chi connectivity index (χ2v) is 4.03. The van der Waals surface area contributed by atoms with Crippen molar-refractivity contribution in [3.8, 4) is 0 Å². The van der Waals surface area contributed by atoms with Crippen LogP contribution in [0.5, 0.6) is 0 Å². The minimum Gasteiger partial charge on any atom is -0.373 e. The Labute approximate surface area is 106 Å². The molecule has 1 atom stereocenters. The first-order valence-corrected chi connectivity index (χ1v) is 5.50. The molecule has 19 heavy (non-hydrogen) atoms. The first kappa shape index (κ1) is 13.4. The van der Waals surface area contributed by atoms with Crippen LogP contribution in [0.2, 0.25) is 0 Å². The lowest BCUT2D eigenvalue weighted by atomic mass is 10.1. The maximum atomic E-state index is 13.6. The maximum absolute atomic E-state index is 13.6. The molecular formula is C12H11F4N3. The Morgan fingerprint density at radius 2 is 2.05 bits per heavy atom. The third-order valence-corrected chi connectivity index (χ3v) is 2.60. The van der Waals surface area contributed by atoms with Crippen molar-refractivity contribution in [1.82, 2.24) is 9.97 Å². The number of rotatable bonds is 3. The van der Waals surface area contributed by atoms with E-state index in [2.05, 4.69) is 15.3 Å². The largest absolute Gasteiger partial charge is 0.416 e. The third-order valence-electron chi connectivity index (χ3n) is 2.60. The minimum absolute atomic E-state index is 0.00287. The van der Waals surface area contributed by atoms with Gasteiger partial charge >= 0.3 is 6.18 Å². The quantitative estimate of drug-likeness (QED) is 0.836. The summed E-state index contributed by atoms with van der Waals surface area (Å²) < 4.78 is 50.7. The van der Waals surface area contributed by atoms with E-state index in [1.807, 2.05) is 0 Å². The molecule has 0 amide bonds. The zero-order chi connectivity index (χ0) is 14.0.